The van der Waals surface area contributed by atoms with Crippen LogP contribution < -0.4 is 4.90 Å². The molecular formula is C26H30N2O8. The first-order valence-electron chi connectivity index (χ1n) is 11.3. The average molecular weight is 499 g/mol. The summed E-state index contributed by atoms with van der Waals surface area (Å²) in [5.74, 6) is -2.18. The summed E-state index contributed by atoms with van der Waals surface area (Å²) in [6.45, 7) is 4.07. The van der Waals surface area contributed by atoms with Crippen molar-refractivity contribution in [2.24, 2.45) is 0 Å². The summed E-state index contributed by atoms with van der Waals surface area (Å²) in [5.41, 5.74) is -1.71. The lowest BCUT2D eigenvalue weighted by molar-refractivity contribution is -0.171. The topological polar surface area (TPSA) is 112 Å². The predicted octanol–water partition coefficient (Wildman–Crippen LogP) is 3.67. The molecule has 2 aromatic carbocycles. The molecule has 1 aliphatic heterocycles. The van der Waals surface area contributed by atoms with Crippen LogP contribution in [0.2, 0.25) is 0 Å². The quantitative estimate of drug-likeness (QED) is 0.357. The molecule has 2 amide bonds. The van der Waals surface area contributed by atoms with Crippen LogP contribution in [0.1, 0.15) is 31.9 Å². The number of para-hydroxylation sites is 1. The van der Waals surface area contributed by atoms with Crippen molar-refractivity contribution in [2.75, 3.05) is 25.7 Å². The largest absolute Gasteiger partial charge is 0.467 e. The lowest BCUT2D eigenvalue weighted by Gasteiger charge is -2.39. The zero-order chi connectivity index (χ0) is 26.5. The van der Waals surface area contributed by atoms with Crippen LogP contribution in [0.25, 0.3) is 0 Å². The van der Waals surface area contributed by atoms with Crippen molar-refractivity contribution in [1.82, 2.24) is 4.90 Å². The number of rotatable bonds is 4. The molecule has 0 atom stereocenters. The Bertz CT molecular complexity index is 1110. The van der Waals surface area contributed by atoms with Crippen LogP contribution in [0.15, 0.2) is 54.6 Å². The molecule has 1 heterocycles. The summed E-state index contributed by atoms with van der Waals surface area (Å²) in [6.07, 6.45) is -1.78. The van der Waals surface area contributed by atoms with Gasteiger partial charge < -0.3 is 18.9 Å². The number of anilines is 1. The molecule has 36 heavy (non-hydrogen) atoms. The SMILES string of the molecule is COC(=O)C1(C(=O)OC)CN(C(=O)OCc2ccccc2)c2ccccc2CN1C(=O)OC(C)(C)C. The Balaban J connectivity index is 2.12. The Hall–Kier alpha value is -4.08. The van der Waals surface area contributed by atoms with Gasteiger partial charge in [-0.05, 0) is 38.0 Å². The van der Waals surface area contributed by atoms with Crippen molar-refractivity contribution in [3.05, 3.63) is 65.7 Å². The average Bonchev–Trinajstić information content (AvgIpc) is 3.02. The van der Waals surface area contributed by atoms with Gasteiger partial charge in [-0.25, -0.2) is 19.2 Å². The molecule has 10 nitrogen and oxygen atoms in total. The summed E-state index contributed by atoms with van der Waals surface area (Å²) >= 11 is 0. The van der Waals surface area contributed by atoms with E-state index >= 15 is 0 Å². The fourth-order valence-corrected chi connectivity index (χ4v) is 3.88. The summed E-state index contributed by atoms with van der Waals surface area (Å²) in [5, 5.41) is 0. The number of benzene rings is 2. The fraction of sp³-hybridized carbons (Fsp3) is 0.385. The van der Waals surface area contributed by atoms with Crippen molar-refractivity contribution in [1.29, 1.82) is 0 Å². The molecule has 0 fully saturated rings. The van der Waals surface area contributed by atoms with Crippen molar-refractivity contribution >= 4 is 29.8 Å². The van der Waals surface area contributed by atoms with E-state index in [1.807, 2.05) is 18.2 Å². The van der Waals surface area contributed by atoms with E-state index in [0.29, 0.717) is 11.3 Å². The first-order chi connectivity index (χ1) is 17.0. The molecule has 1 aliphatic rings. The summed E-state index contributed by atoms with van der Waals surface area (Å²) < 4.78 is 21.0. The van der Waals surface area contributed by atoms with Crippen molar-refractivity contribution in [2.45, 2.75) is 45.1 Å². The van der Waals surface area contributed by atoms with Gasteiger partial charge >= 0.3 is 24.1 Å². The number of nitrogens with zero attached hydrogens (tertiary/aromatic N) is 2. The fourth-order valence-electron chi connectivity index (χ4n) is 3.88. The minimum Gasteiger partial charge on any atom is -0.467 e. The van der Waals surface area contributed by atoms with Crippen molar-refractivity contribution in [3.63, 3.8) is 0 Å². The second kappa shape index (κ2) is 10.7. The number of carbonyl (C=O) groups is 4. The van der Waals surface area contributed by atoms with Gasteiger partial charge in [0.05, 0.1) is 33.0 Å². The third-order valence-electron chi connectivity index (χ3n) is 5.54. The van der Waals surface area contributed by atoms with Gasteiger partial charge in [0.25, 0.3) is 5.54 Å². The number of hydrogen-bond acceptors (Lipinski definition) is 8. The van der Waals surface area contributed by atoms with Gasteiger partial charge in [0.15, 0.2) is 0 Å². The first kappa shape index (κ1) is 26.5. The molecule has 0 unspecified atom stereocenters. The third kappa shape index (κ3) is 5.42. The van der Waals surface area contributed by atoms with Gasteiger partial charge in [0.2, 0.25) is 0 Å². The highest BCUT2D eigenvalue weighted by Gasteiger charge is 2.60. The molecule has 3 rings (SSSR count). The Labute approximate surface area is 209 Å². The molecule has 0 aromatic heterocycles. The van der Waals surface area contributed by atoms with Crippen LogP contribution in [0.5, 0.6) is 0 Å². The minimum absolute atomic E-state index is 0.0441. The van der Waals surface area contributed by atoms with Gasteiger partial charge in [-0.1, -0.05) is 48.5 Å². The lowest BCUT2D eigenvalue weighted by Crippen LogP contribution is -2.67. The van der Waals surface area contributed by atoms with Crippen LogP contribution in [0.4, 0.5) is 15.3 Å². The van der Waals surface area contributed by atoms with Gasteiger partial charge in [0, 0.05) is 0 Å². The van der Waals surface area contributed by atoms with E-state index in [1.165, 1.54) is 0 Å². The zero-order valence-corrected chi connectivity index (χ0v) is 21.0. The second-order valence-corrected chi connectivity index (χ2v) is 9.16. The maximum atomic E-state index is 13.4. The molecule has 0 spiro atoms. The molecule has 2 aromatic rings. The third-order valence-corrected chi connectivity index (χ3v) is 5.54. The molecule has 10 heteroatoms. The van der Waals surface area contributed by atoms with Crippen molar-refractivity contribution < 1.29 is 38.1 Å². The number of amides is 2. The molecule has 0 bridgehead atoms. The highest BCUT2D eigenvalue weighted by Crippen LogP contribution is 2.35. The summed E-state index contributed by atoms with van der Waals surface area (Å²) in [4.78, 5) is 55.4. The zero-order valence-electron chi connectivity index (χ0n) is 21.0. The molecule has 0 saturated carbocycles. The van der Waals surface area contributed by atoms with E-state index in [4.69, 9.17) is 18.9 Å². The minimum atomic E-state index is -2.36. The highest BCUT2D eigenvalue weighted by atomic mass is 16.6. The highest BCUT2D eigenvalue weighted by molar-refractivity contribution is 6.09. The Morgan fingerprint density at radius 1 is 0.861 bits per heavy atom. The predicted molar refractivity (Wildman–Crippen MR) is 129 cm³/mol. The monoisotopic (exact) mass is 498 g/mol. The van der Waals surface area contributed by atoms with E-state index in [-0.39, 0.29) is 13.2 Å². The lowest BCUT2D eigenvalue weighted by atomic mass is 9.96. The standard InChI is InChI=1S/C26H30N2O8/c1-25(2,3)36-24(32)28-15-19-13-9-10-14-20(19)27(17-26(28,21(29)33-4)22(30)34-5)23(31)35-16-18-11-7-6-8-12-18/h6-14H,15-17H2,1-5H3. The van der Waals surface area contributed by atoms with E-state index in [9.17, 15) is 19.2 Å². The molecule has 192 valence electrons. The maximum Gasteiger partial charge on any atom is 0.414 e. The van der Waals surface area contributed by atoms with Gasteiger partial charge in [-0.2, -0.15) is 0 Å². The van der Waals surface area contributed by atoms with Crippen molar-refractivity contribution in [3.8, 4) is 0 Å². The van der Waals surface area contributed by atoms with Crippen LogP contribution in [-0.2, 0) is 41.7 Å². The molecule has 0 N–H and O–H groups in total. The van der Waals surface area contributed by atoms with Crippen LogP contribution in [-0.4, -0.2) is 60.9 Å². The normalized spacial score (nSPS) is 14.7. The van der Waals surface area contributed by atoms with Crippen LogP contribution >= 0.6 is 0 Å². The summed E-state index contributed by atoms with van der Waals surface area (Å²) in [7, 11) is 2.16. The van der Waals surface area contributed by atoms with Crippen LogP contribution in [0.3, 0.4) is 0 Å². The molecule has 0 aliphatic carbocycles. The number of fused-ring (bicyclic) bond motifs is 1. The second-order valence-electron chi connectivity index (χ2n) is 9.16. The number of hydrogen-bond donors (Lipinski definition) is 0. The van der Waals surface area contributed by atoms with E-state index in [2.05, 4.69) is 0 Å². The number of ether oxygens (including phenoxy) is 4. The maximum absolute atomic E-state index is 13.4. The molecular weight excluding hydrogens is 468 g/mol. The van der Waals surface area contributed by atoms with Gasteiger partial charge in [0.1, 0.15) is 12.2 Å². The first-order valence-corrected chi connectivity index (χ1v) is 11.3. The van der Waals surface area contributed by atoms with E-state index < -0.39 is 41.8 Å². The Kier molecular flexibility index (Phi) is 7.87. The molecule has 0 radical (unpaired) electrons. The summed E-state index contributed by atoms with van der Waals surface area (Å²) in [6, 6.07) is 15.8. The van der Waals surface area contributed by atoms with E-state index in [0.717, 1.165) is 29.6 Å². The Morgan fingerprint density at radius 3 is 2.03 bits per heavy atom. The van der Waals surface area contributed by atoms with Gasteiger partial charge in [-0.15, -0.1) is 0 Å². The van der Waals surface area contributed by atoms with Crippen LogP contribution in [0, 0.1) is 0 Å². The molecule has 0 saturated heterocycles. The Morgan fingerprint density at radius 2 is 1.44 bits per heavy atom. The number of methoxy groups -OCH3 is 2. The van der Waals surface area contributed by atoms with E-state index in [1.54, 1.807) is 57.2 Å². The number of esters is 2. The van der Waals surface area contributed by atoms with Gasteiger partial charge in [-0.3, -0.25) is 9.80 Å². The number of carbonyl (C=O) groups excluding carboxylic acids is 4. The smallest absolute Gasteiger partial charge is 0.414 e.